The van der Waals surface area contributed by atoms with E-state index in [1.54, 1.807) is 12.1 Å². The van der Waals surface area contributed by atoms with Gasteiger partial charge >= 0.3 is 6.03 Å². The number of phenolic OH excluding ortho intramolecular Hbond substituents is 1. The highest BCUT2D eigenvalue weighted by molar-refractivity contribution is 9.11. The maximum Gasteiger partial charge on any atom is 0.332 e. The van der Waals surface area contributed by atoms with Gasteiger partial charge in [-0.2, -0.15) is 5.10 Å². The molecule has 1 rings (SSSR count). The molecule has 0 aromatic heterocycles. The number of nitrogens with two attached hydrogens (primary N) is 1. The van der Waals surface area contributed by atoms with Gasteiger partial charge in [0.25, 0.3) is 0 Å². The molecule has 80 valence electrons. The summed E-state index contributed by atoms with van der Waals surface area (Å²) >= 11 is 6.42. The summed E-state index contributed by atoms with van der Waals surface area (Å²) in [5.74, 6) is 0.0354. The highest BCUT2D eigenvalue weighted by Gasteiger charge is 2.04. The van der Waals surface area contributed by atoms with Gasteiger partial charge in [-0.3, -0.25) is 0 Å². The Hall–Kier alpha value is -1.08. The largest absolute Gasteiger partial charge is 0.506 e. The summed E-state index contributed by atoms with van der Waals surface area (Å²) in [4.78, 5) is 10.3. The third-order valence-corrected chi connectivity index (χ3v) is 2.50. The molecule has 0 spiro atoms. The molecule has 7 heteroatoms. The van der Waals surface area contributed by atoms with E-state index in [4.69, 9.17) is 5.73 Å². The molecule has 5 nitrogen and oxygen atoms in total. The summed E-state index contributed by atoms with van der Waals surface area (Å²) in [6.07, 6.45) is 1.29. The average molecular weight is 337 g/mol. The first-order chi connectivity index (χ1) is 7.00. The second-order valence-corrected chi connectivity index (χ2v) is 4.33. The fraction of sp³-hybridized carbons (Fsp3) is 0. The van der Waals surface area contributed by atoms with Crippen molar-refractivity contribution in [3.63, 3.8) is 0 Å². The van der Waals surface area contributed by atoms with Crippen LogP contribution in [-0.4, -0.2) is 17.4 Å². The number of halogens is 2. The SMILES string of the molecule is NC(=O)NN=Cc1cc(Br)cc(Br)c1O. The van der Waals surface area contributed by atoms with Crippen LogP contribution in [0.1, 0.15) is 5.56 Å². The predicted molar refractivity (Wildman–Crippen MR) is 63.8 cm³/mol. The summed E-state index contributed by atoms with van der Waals surface area (Å²) in [6.45, 7) is 0. The van der Waals surface area contributed by atoms with E-state index in [0.29, 0.717) is 10.0 Å². The lowest BCUT2D eigenvalue weighted by atomic mass is 10.2. The molecule has 0 bridgehead atoms. The van der Waals surface area contributed by atoms with E-state index in [9.17, 15) is 9.90 Å². The number of carbonyl (C=O) groups excluding carboxylic acids is 1. The van der Waals surface area contributed by atoms with Crippen LogP contribution in [0.5, 0.6) is 5.75 Å². The van der Waals surface area contributed by atoms with Crippen molar-refractivity contribution in [2.45, 2.75) is 0 Å². The van der Waals surface area contributed by atoms with Crippen LogP contribution >= 0.6 is 31.9 Å². The van der Waals surface area contributed by atoms with Gasteiger partial charge in [0.15, 0.2) is 0 Å². The average Bonchev–Trinajstić information content (AvgIpc) is 2.12. The van der Waals surface area contributed by atoms with E-state index in [2.05, 4.69) is 37.0 Å². The molecule has 1 aromatic carbocycles. The van der Waals surface area contributed by atoms with Crippen molar-refractivity contribution in [2.24, 2.45) is 10.8 Å². The molecule has 15 heavy (non-hydrogen) atoms. The van der Waals surface area contributed by atoms with Crippen molar-refractivity contribution in [2.75, 3.05) is 0 Å². The minimum Gasteiger partial charge on any atom is -0.506 e. The van der Waals surface area contributed by atoms with E-state index in [0.717, 1.165) is 4.47 Å². The maximum absolute atomic E-state index is 10.3. The first-order valence-corrected chi connectivity index (χ1v) is 5.36. The van der Waals surface area contributed by atoms with Crippen LogP contribution in [-0.2, 0) is 0 Å². The van der Waals surface area contributed by atoms with Crippen LogP contribution in [0.2, 0.25) is 0 Å². The lowest BCUT2D eigenvalue weighted by Gasteiger charge is -2.02. The number of rotatable bonds is 2. The lowest BCUT2D eigenvalue weighted by Crippen LogP contribution is -2.24. The minimum absolute atomic E-state index is 0.0354. The van der Waals surface area contributed by atoms with Crippen molar-refractivity contribution in [1.29, 1.82) is 0 Å². The molecule has 0 saturated heterocycles. The monoisotopic (exact) mass is 335 g/mol. The lowest BCUT2D eigenvalue weighted by molar-refractivity contribution is 0.249. The number of primary amides is 1. The molecule has 0 fully saturated rings. The zero-order valence-corrected chi connectivity index (χ0v) is 10.5. The Bertz CT molecular complexity index is 421. The van der Waals surface area contributed by atoms with Gasteiger partial charge in [0.05, 0.1) is 10.7 Å². The van der Waals surface area contributed by atoms with E-state index in [-0.39, 0.29) is 5.75 Å². The Labute approximate surface area is 103 Å². The van der Waals surface area contributed by atoms with Gasteiger partial charge in [0.2, 0.25) is 0 Å². The number of aromatic hydroxyl groups is 1. The molecule has 4 N–H and O–H groups in total. The van der Waals surface area contributed by atoms with Crippen LogP contribution in [0.4, 0.5) is 4.79 Å². The number of hydrogen-bond acceptors (Lipinski definition) is 3. The Kier molecular flexibility index (Phi) is 4.10. The van der Waals surface area contributed by atoms with E-state index >= 15 is 0 Å². The third-order valence-electron chi connectivity index (χ3n) is 1.44. The Morgan fingerprint density at radius 1 is 1.53 bits per heavy atom. The van der Waals surface area contributed by atoms with Crippen LogP contribution in [0.3, 0.4) is 0 Å². The number of hydrogen-bond donors (Lipinski definition) is 3. The summed E-state index contributed by atoms with van der Waals surface area (Å²) in [7, 11) is 0. The summed E-state index contributed by atoms with van der Waals surface area (Å²) in [5.41, 5.74) is 7.29. The normalized spacial score (nSPS) is 10.5. The quantitative estimate of drug-likeness (QED) is 0.569. The molecule has 0 heterocycles. The van der Waals surface area contributed by atoms with Gasteiger partial charge in [0.1, 0.15) is 5.75 Å². The highest BCUT2D eigenvalue weighted by atomic mass is 79.9. The molecular weight excluding hydrogens is 330 g/mol. The van der Waals surface area contributed by atoms with E-state index < -0.39 is 6.03 Å². The molecule has 0 saturated carbocycles. The molecule has 1 aromatic rings. The number of benzene rings is 1. The van der Waals surface area contributed by atoms with Crippen LogP contribution in [0, 0.1) is 0 Å². The van der Waals surface area contributed by atoms with Crippen LogP contribution < -0.4 is 11.2 Å². The van der Waals surface area contributed by atoms with Gasteiger partial charge in [-0.25, -0.2) is 10.2 Å². The molecule has 0 aliphatic rings. The summed E-state index contributed by atoms with van der Waals surface area (Å²) in [6, 6.07) is 2.57. The predicted octanol–water partition coefficient (Wildman–Crippen LogP) is 1.92. The summed E-state index contributed by atoms with van der Waals surface area (Å²) in [5, 5.41) is 13.1. The fourth-order valence-corrected chi connectivity index (χ4v) is 2.11. The first kappa shape index (κ1) is 12.0. The molecule has 0 aliphatic carbocycles. The zero-order chi connectivity index (χ0) is 11.4. The molecule has 0 unspecified atom stereocenters. The topological polar surface area (TPSA) is 87.7 Å². The second kappa shape index (κ2) is 5.13. The van der Waals surface area contributed by atoms with Gasteiger partial charge in [0, 0.05) is 10.0 Å². The van der Waals surface area contributed by atoms with E-state index in [1.807, 2.05) is 5.43 Å². The van der Waals surface area contributed by atoms with Crippen molar-refractivity contribution in [3.05, 3.63) is 26.6 Å². The smallest absolute Gasteiger partial charge is 0.332 e. The Morgan fingerprint density at radius 3 is 2.80 bits per heavy atom. The maximum atomic E-state index is 10.3. The number of urea groups is 1. The van der Waals surface area contributed by atoms with Crippen LogP contribution in [0.15, 0.2) is 26.2 Å². The molecule has 0 radical (unpaired) electrons. The van der Waals surface area contributed by atoms with Crippen molar-refractivity contribution >= 4 is 44.1 Å². The van der Waals surface area contributed by atoms with Gasteiger partial charge in [-0.1, -0.05) is 15.9 Å². The molecular formula is C8H7Br2N3O2. The van der Waals surface area contributed by atoms with Gasteiger partial charge in [-0.15, -0.1) is 0 Å². The highest BCUT2D eigenvalue weighted by Crippen LogP contribution is 2.30. The molecule has 0 atom stereocenters. The minimum atomic E-state index is -0.764. The first-order valence-electron chi connectivity index (χ1n) is 3.77. The molecule has 2 amide bonds. The second-order valence-electron chi connectivity index (χ2n) is 2.56. The van der Waals surface area contributed by atoms with E-state index in [1.165, 1.54) is 6.21 Å². The number of amides is 2. The Balaban J connectivity index is 2.94. The summed E-state index contributed by atoms with van der Waals surface area (Å²) < 4.78 is 1.30. The van der Waals surface area contributed by atoms with Crippen molar-refractivity contribution in [1.82, 2.24) is 5.43 Å². The number of nitrogens with one attached hydrogen (secondary N) is 1. The van der Waals surface area contributed by atoms with Gasteiger partial charge < -0.3 is 10.8 Å². The molecule has 0 aliphatic heterocycles. The number of nitrogens with zero attached hydrogens (tertiary/aromatic N) is 1. The fourth-order valence-electron chi connectivity index (χ4n) is 0.850. The number of phenols is 1. The van der Waals surface area contributed by atoms with Crippen molar-refractivity contribution in [3.8, 4) is 5.75 Å². The van der Waals surface area contributed by atoms with Gasteiger partial charge in [-0.05, 0) is 28.1 Å². The standard InChI is InChI=1S/C8H7Br2N3O2/c9-5-1-4(3-12-13-8(11)15)7(14)6(10)2-5/h1-3,14H,(H3,11,13,15). The Morgan fingerprint density at radius 2 is 2.20 bits per heavy atom. The van der Waals surface area contributed by atoms with Crippen molar-refractivity contribution < 1.29 is 9.90 Å². The van der Waals surface area contributed by atoms with Crippen LogP contribution in [0.25, 0.3) is 0 Å². The number of carbonyl (C=O) groups is 1. The third kappa shape index (κ3) is 3.52. The zero-order valence-electron chi connectivity index (χ0n) is 7.37. The number of hydrazone groups is 1.